The summed E-state index contributed by atoms with van der Waals surface area (Å²) in [5.74, 6) is 0.971. The molecule has 1 aliphatic heterocycles. The van der Waals surface area contributed by atoms with Gasteiger partial charge in [-0.25, -0.2) is 4.79 Å². The topological polar surface area (TPSA) is 65.1 Å². The van der Waals surface area contributed by atoms with E-state index in [2.05, 4.69) is 11.8 Å². The summed E-state index contributed by atoms with van der Waals surface area (Å²) in [5, 5.41) is 0.663. The van der Waals surface area contributed by atoms with Gasteiger partial charge in [0.25, 0.3) is 5.56 Å². The number of nitrogens with zero attached hydrogens (tertiary/aromatic N) is 5. The number of hydrogen-bond acceptors (Lipinski definition) is 4. The van der Waals surface area contributed by atoms with Gasteiger partial charge in [0.15, 0.2) is 11.2 Å². The van der Waals surface area contributed by atoms with Gasteiger partial charge in [0.05, 0.1) is 0 Å². The molecule has 2 aromatic carbocycles. The Hall–Kier alpha value is -3.32. The Morgan fingerprint density at radius 3 is 2.47 bits per heavy atom. The molecule has 0 fully saturated rings. The molecule has 8 heteroatoms. The summed E-state index contributed by atoms with van der Waals surface area (Å²) in [5.41, 5.74) is 2.29. The summed E-state index contributed by atoms with van der Waals surface area (Å²) >= 11 is 6.07. The smallest absolute Gasteiger partial charge is 0.312 e. The second kappa shape index (κ2) is 7.98. The van der Waals surface area contributed by atoms with Gasteiger partial charge in [-0.2, -0.15) is 4.98 Å². The van der Waals surface area contributed by atoms with Crippen molar-refractivity contribution < 1.29 is 0 Å². The Bertz CT molecular complexity index is 1400. The second-order valence-electron chi connectivity index (χ2n) is 8.42. The van der Waals surface area contributed by atoms with Crippen LogP contribution in [-0.2, 0) is 26.6 Å². The van der Waals surface area contributed by atoms with E-state index in [-0.39, 0.29) is 11.2 Å². The molecule has 164 valence electrons. The third-order valence-electron chi connectivity index (χ3n) is 6.05. The number of hydrogen-bond donors (Lipinski definition) is 0. The van der Waals surface area contributed by atoms with E-state index >= 15 is 0 Å². The van der Waals surface area contributed by atoms with Crippen molar-refractivity contribution in [2.45, 2.75) is 26.4 Å². The van der Waals surface area contributed by atoms with E-state index in [0.29, 0.717) is 47.6 Å². The molecule has 1 aliphatic rings. The Labute approximate surface area is 190 Å². The summed E-state index contributed by atoms with van der Waals surface area (Å²) < 4.78 is 4.77. The molecule has 5 rings (SSSR count). The predicted octanol–water partition coefficient (Wildman–Crippen LogP) is 3.58. The first kappa shape index (κ1) is 20.6. The highest BCUT2D eigenvalue weighted by Crippen LogP contribution is 2.33. The fraction of sp³-hybridized carbons (Fsp3) is 0.292. The Morgan fingerprint density at radius 2 is 1.75 bits per heavy atom. The van der Waals surface area contributed by atoms with Crippen molar-refractivity contribution in [1.29, 1.82) is 0 Å². The van der Waals surface area contributed by atoms with Crippen LogP contribution in [0.1, 0.15) is 12.5 Å². The van der Waals surface area contributed by atoms with Crippen LogP contribution in [-0.4, -0.2) is 25.2 Å². The molecule has 2 aromatic heterocycles. The monoisotopic (exact) mass is 449 g/mol. The molecule has 0 amide bonds. The quantitative estimate of drug-likeness (QED) is 0.477. The summed E-state index contributed by atoms with van der Waals surface area (Å²) in [7, 11) is 1.68. The molecule has 32 heavy (non-hydrogen) atoms. The number of aromatic nitrogens is 4. The van der Waals surface area contributed by atoms with Crippen molar-refractivity contribution in [2.24, 2.45) is 13.0 Å². The van der Waals surface area contributed by atoms with Crippen LogP contribution in [0.15, 0.2) is 64.2 Å². The number of anilines is 2. The minimum Gasteiger partial charge on any atom is -0.312 e. The van der Waals surface area contributed by atoms with Crippen molar-refractivity contribution in [3.8, 4) is 0 Å². The van der Waals surface area contributed by atoms with Gasteiger partial charge in [0, 0.05) is 37.4 Å². The standard InChI is InChI=1S/C24H24ClN5O2/c1-16-14-29(19-10-8-18(25)9-11-19)23-26-21-20(30(23)15-16)22(31)28(24(32)27(21)2)13-12-17-6-4-3-5-7-17/h3-11,16H,12-15H2,1-2H3. The maximum absolute atomic E-state index is 13.5. The van der Waals surface area contributed by atoms with E-state index in [1.54, 1.807) is 7.05 Å². The lowest BCUT2D eigenvalue weighted by Crippen LogP contribution is -2.40. The third kappa shape index (κ3) is 3.42. The molecule has 1 unspecified atom stereocenters. The van der Waals surface area contributed by atoms with Crippen LogP contribution in [0, 0.1) is 5.92 Å². The first-order valence-electron chi connectivity index (χ1n) is 10.7. The predicted molar refractivity (Wildman–Crippen MR) is 127 cm³/mol. The van der Waals surface area contributed by atoms with Gasteiger partial charge in [0.2, 0.25) is 5.95 Å². The molecule has 0 radical (unpaired) electrons. The number of halogens is 1. The molecule has 0 saturated carbocycles. The number of aryl methyl sites for hydroxylation is 2. The van der Waals surface area contributed by atoms with Crippen LogP contribution in [0.3, 0.4) is 0 Å². The first-order chi connectivity index (χ1) is 15.4. The summed E-state index contributed by atoms with van der Waals surface area (Å²) in [6, 6.07) is 17.4. The minimum absolute atomic E-state index is 0.289. The number of imidazole rings is 1. The van der Waals surface area contributed by atoms with Crippen LogP contribution in [0.4, 0.5) is 11.6 Å². The molecule has 7 nitrogen and oxygen atoms in total. The minimum atomic E-state index is -0.347. The average Bonchev–Trinajstić information content (AvgIpc) is 3.18. The molecule has 0 N–H and O–H groups in total. The number of rotatable bonds is 4. The molecule has 4 aromatic rings. The SMILES string of the molecule is CC1CN(c2ccc(Cl)cc2)c2nc3c(c(=O)n(CCc4ccccc4)c(=O)n3C)n2C1. The van der Waals surface area contributed by atoms with Gasteiger partial charge in [-0.15, -0.1) is 0 Å². The maximum atomic E-state index is 13.5. The van der Waals surface area contributed by atoms with Crippen LogP contribution in [0.5, 0.6) is 0 Å². The van der Waals surface area contributed by atoms with Crippen LogP contribution in [0.25, 0.3) is 11.2 Å². The molecule has 0 spiro atoms. The Morgan fingerprint density at radius 1 is 1.03 bits per heavy atom. The van der Waals surface area contributed by atoms with E-state index in [1.807, 2.05) is 59.2 Å². The van der Waals surface area contributed by atoms with E-state index in [4.69, 9.17) is 16.6 Å². The van der Waals surface area contributed by atoms with Crippen molar-refractivity contribution in [1.82, 2.24) is 18.7 Å². The Kier molecular flexibility index (Phi) is 5.13. The van der Waals surface area contributed by atoms with E-state index in [0.717, 1.165) is 17.8 Å². The molecule has 0 bridgehead atoms. The van der Waals surface area contributed by atoms with Gasteiger partial charge in [-0.1, -0.05) is 48.9 Å². The molecule has 0 saturated heterocycles. The summed E-state index contributed by atoms with van der Waals surface area (Å²) in [6.45, 7) is 3.90. The largest absolute Gasteiger partial charge is 0.332 e. The molecule has 0 aliphatic carbocycles. The van der Waals surface area contributed by atoms with Crippen molar-refractivity contribution in [3.63, 3.8) is 0 Å². The van der Waals surface area contributed by atoms with Gasteiger partial charge in [-0.05, 0) is 42.2 Å². The van der Waals surface area contributed by atoms with E-state index in [9.17, 15) is 9.59 Å². The fourth-order valence-electron chi connectivity index (χ4n) is 4.43. The molecular weight excluding hydrogens is 426 g/mol. The highest BCUT2D eigenvalue weighted by molar-refractivity contribution is 6.30. The molecule has 1 atom stereocenters. The van der Waals surface area contributed by atoms with Gasteiger partial charge >= 0.3 is 5.69 Å². The summed E-state index contributed by atoms with van der Waals surface area (Å²) in [4.78, 5) is 33.4. The summed E-state index contributed by atoms with van der Waals surface area (Å²) in [6.07, 6.45) is 0.607. The van der Waals surface area contributed by atoms with E-state index < -0.39 is 0 Å². The number of fused-ring (bicyclic) bond motifs is 3. The number of benzene rings is 2. The van der Waals surface area contributed by atoms with Gasteiger partial charge in [0.1, 0.15) is 0 Å². The van der Waals surface area contributed by atoms with Crippen molar-refractivity contribution in [3.05, 3.63) is 86.0 Å². The van der Waals surface area contributed by atoms with E-state index in [1.165, 1.54) is 9.13 Å². The van der Waals surface area contributed by atoms with Crippen LogP contribution < -0.4 is 16.1 Å². The molecular formula is C24H24ClN5O2. The van der Waals surface area contributed by atoms with Crippen molar-refractivity contribution in [2.75, 3.05) is 11.4 Å². The fourth-order valence-corrected chi connectivity index (χ4v) is 4.55. The zero-order valence-electron chi connectivity index (χ0n) is 18.0. The van der Waals surface area contributed by atoms with Gasteiger partial charge < -0.3 is 9.47 Å². The molecule has 3 heterocycles. The Balaban J connectivity index is 1.65. The average molecular weight is 450 g/mol. The lowest BCUT2D eigenvalue weighted by atomic mass is 10.1. The van der Waals surface area contributed by atoms with Gasteiger partial charge in [-0.3, -0.25) is 13.9 Å². The zero-order valence-corrected chi connectivity index (χ0v) is 18.8. The van der Waals surface area contributed by atoms with Crippen molar-refractivity contribution >= 4 is 34.4 Å². The third-order valence-corrected chi connectivity index (χ3v) is 6.30. The highest BCUT2D eigenvalue weighted by Gasteiger charge is 2.29. The lowest BCUT2D eigenvalue weighted by molar-refractivity contribution is 0.457. The highest BCUT2D eigenvalue weighted by atomic mass is 35.5. The normalized spacial score (nSPS) is 15.8. The van der Waals surface area contributed by atoms with Crippen LogP contribution in [0.2, 0.25) is 5.02 Å². The van der Waals surface area contributed by atoms with Crippen LogP contribution >= 0.6 is 11.6 Å². The second-order valence-corrected chi connectivity index (χ2v) is 8.86. The zero-order chi connectivity index (χ0) is 22.4. The first-order valence-corrected chi connectivity index (χ1v) is 11.1. The maximum Gasteiger partial charge on any atom is 0.332 e. The lowest BCUT2D eigenvalue weighted by Gasteiger charge is -2.33.